The number of allylic oxidation sites excluding steroid dienone is 4. The van der Waals surface area contributed by atoms with Crippen LogP contribution in [0.1, 0.15) is 41.5 Å². The molecule has 92 valence electrons. The molecule has 0 saturated carbocycles. The summed E-state index contributed by atoms with van der Waals surface area (Å²) in [5, 5.41) is 3.24. The van der Waals surface area contributed by atoms with Gasteiger partial charge in [0.15, 0.2) is 0 Å². The van der Waals surface area contributed by atoms with E-state index in [0.717, 1.165) is 5.70 Å². The second-order valence-corrected chi connectivity index (χ2v) is 5.62. The lowest BCUT2D eigenvalue weighted by Crippen LogP contribution is -2.14. The normalized spacial score (nSPS) is 14.2. The third-order valence-corrected chi connectivity index (χ3v) is 2.68. The smallest absolute Gasteiger partial charge is 0.0366 e. The van der Waals surface area contributed by atoms with E-state index in [9.17, 15) is 0 Å². The molecule has 16 heavy (non-hydrogen) atoms. The molecule has 0 rings (SSSR count). The fraction of sp³-hybridized carbons (Fsp3) is 0.600. The number of likely N-dealkylation sites (N-methyl/N-ethyl adjacent to an activating group) is 1. The number of rotatable bonds is 4. The van der Waals surface area contributed by atoms with E-state index in [1.165, 1.54) is 11.1 Å². The van der Waals surface area contributed by atoms with Crippen molar-refractivity contribution in [3.8, 4) is 0 Å². The highest BCUT2D eigenvalue weighted by Crippen LogP contribution is 2.30. The van der Waals surface area contributed by atoms with Gasteiger partial charge in [-0.25, -0.2) is 0 Å². The van der Waals surface area contributed by atoms with E-state index in [4.69, 9.17) is 0 Å². The summed E-state index contributed by atoms with van der Waals surface area (Å²) in [6.45, 7) is 17.3. The second kappa shape index (κ2) is 5.93. The highest BCUT2D eigenvalue weighted by Gasteiger charge is 2.17. The van der Waals surface area contributed by atoms with Crippen LogP contribution in [-0.2, 0) is 0 Å². The van der Waals surface area contributed by atoms with Gasteiger partial charge < -0.3 is 5.32 Å². The standard InChI is InChI=1S/C15H27N/c1-11(2)9-10-14(16-8)12(3)13(4)15(5,6)7/h9-11,16H,4H2,1-3,5-8H3/b10-9-,14-12-. The molecule has 0 atom stereocenters. The summed E-state index contributed by atoms with van der Waals surface area (Å²) in [7, 11) is 1.96. The van der Waals surface area contributed by atoms with Gasteiger partial charge in [-0.1, -0.05) is 47.3 Å². The minimum absolute atomic E-state index is 0.123. The summed E-state index contributed by atoms with van der Waals surface area (Å²) in [4.78, 5) is 0. The van der Waals surface area contributed by atoms with Gasteiger partial charge in [-0.15, -0.1) is 0 Å². The van der Waals surface area contributed by atoms with E-state index in [-0.39, 0.29) is 5.41 Å². The monoisotopic (exact) mass is 221 g/mol. The summed E-state index contributed by atoms with van der Waals surface area (Å²) in [6.07, 6.45) is 4.35. The van der Waals surface area contributed by atoms with Crippen LogP contribution in [0.2, 0.25) is 0 Å². The van der Waals surface area contributed by atoms with Gasteiger partial charge in [0.2, 0.25) is 0 Å². The molecule has 0 aliphatic heterocycles. The topological polar surface area (TPSA) is 12.0 Å². The van der Waals surface area contributed by atoms with E-state index < -0.39 is 0 Å². The Labute approximate surface area is 101 Å². The Kier molecular flexibility index (Phi) is 5.57. The van der Waals surface area contributed by atoms with Crippen molar-refractivity contribution in [3.05, 3.63) is 35.6 Å². The molecule has 1 nitrogen and oxygen atoms in total. The van der Waals surface area contributed by atoms with Crippen LogP contribution in [0.25, 0.3) is 0 Å². The van der Waals surface area contributed by atoms with Crippen molar-refractivity contribution in [1.82, 2.24) is 5.32 Å². The molecular weight excluding hydrogens is 194 g/mol. The summed E-state index contributed by atoms with van der Waals surface area (Å²) >= 11 is 0. The minimum atomic E-state index is 0.123. The van der Waals surface area contributed by atoms with Crippen molar-refractivity contribution in [1.29, 1.82) is 0 Å². The first kappa shape index (κ1) is 15.0. The van der Waals surface area contributed by atoms with Crippen LogP contribution in [0.15, 0.2) is 35.6 Å². The van der Waals surface area contributed by atoms with Gasteiger partial charge in [0.05, 0.1) is 0 Å². The van der Waals surface area contributed by atoms with Crippen LogP contribution in [0.3, 0.4) is 0 Å². The molecule has 0 aliphatic carbocycles. The Morgan fingerprint density at radius 1 is 1.25 bits per heavy atom. The summed E-state index contributed by atoms with van der Waals surface area (Å²) in [6, 6.07) is 0. The number of hydrogen-bond acceptors (Lipinski definition) is 1. The molecule has 0 unspecified atom stereocenters. The Morgan fingerprint density at radius 3 is 2.06 bits per heavy atom. The average Bonchev–Trinajstić information content (AvgIpc) is 2.15. The molecule has 0 aromatic rings. The van der Waals surface area contributed by atoms with E-state index in [0.29, 0.717) is 5.92 Å². The first-order valence-corrected chi connectivity index (χ1v) is 5.96. The van der Waals surface area contributed by atoms with Crippen molar-refractivity contribution in [2.24, 2.45) is 11.3 Å². The lowest BCUT2D eigenvalue weighted by molar-refractivity contribution is 0.511. The molecule has 0 radical (unpaired) electrons. The third kappa shape index (κ3) is 4.69. The molecule has 1 N–H and O–H groups in total. The molecular formula is C15H27N. The molecule has 0 aliphatic rings. The van der Waals surface area contributed by atoms with E-state index in [2.05, 4.69) is 65.6 Å². The maximum atomic E-state index is 4.19. The molecule has 0 amide bonds. The van der Waals surface area contributed by atoms with Crippen LogP contribution in [0.5, 0.6) is 0 Å². The van der Waals surface area contributed by atoms with Crippen molar-refractivity contribution in [3.63, 3.8) is 0 Å². The zero-order valence-corrected chi connectivity index (χ0v) is 11.9. The second-order valence-electron chi connectivity index (χ2n) is 5.62. The zero-order valence-electron chi connectivity index (χ0n) is 11.9. The van der Waals surface area contributed by atoms with Crippen LogP contribution in [-0.4, -0.2) is 7.05 Å². The van der Waals surface area contributed by atoms with E-state index >= 15 is 0 Å². The highest BCUT2D eigenvalue weighted by atomic mass is 14.8. The van der Waals surface area contributed by atoms with Crippen LogP contribution in [0, 0.1) is 11.3 Å². The molecule has 0 spiro atoms. The van der Waals surface area contributed by atoms with Gasteiger partial charge in [0, 0.05) is 12.7 Å². The Hall–Kier alpha value is -0.980. The summed E-state index contributed by atoms with van der Waals surface area (Å²) < 4.78 is 0. The van der Waals surface area contributed by atoms with Crippen molar-refractivity contribution >= 4 is 0 Å². The van der Waals surface area contributed by atoms with Gasteiger partial charge in [0.1, 0.15) is 0 Å². The number of nitrogens with one attached hydrogen (secondary N) is 1. The first-order chi connectivity index (χ1) is 7.20. The predicted octanol–water partition coefficient (Wildman–Crippen LogP) is 4.29. The molecule has 0 aromatic carbocycles. The van der Waals surface area contributed by atoms with Gasteiger partial charge in [-0.05, 0) is 35.5 Å². The SMILES string of the molecule is C=C(/C(C)=C(/C=C\C(C)C)NC)C(C)(C)C. The average molecular weight is 221 g/mol. The van der Waals surface area contributed by atoms with Crippen molar-refractivity contribution in [2.75, 3.05) is 7.05 Å². The molecule has 0 heterocycles. The van der Waals surface area contributed by atoms with E-state index in [1.807, 2.05) is 7.05 Å². The minimum Gasteiger partial charge on any atom is -0.388 e. The molecule has 0 aromatic heterocycles. The van der Waals surface area contributed by atoms with Crippen LogP contribution >= 0.6 is 0 Å². The lowest BCUT2D eigenvalue weighted by Gasteiger charge is -2.24. The fourth-order valence-corrected chi connectivity index (χ4v) is 1.41. The van der Waals surface area contributed by atoms with Gasteiger partial charge in [-0.3, -0.25) is 0 Å². The summed E-state index contributed by atoms with van der Waals surface area (Å²) in [5.74, 6) is 0.569. The van der Waals surface area contributed by atoms with Gasteiger partial charge >= 0.3 is 0 Å². The quantitative estimate of drug-likeness (QED) is 0.698. The molecule has 1 heteroatoms. The Morgan fingerprint density at radius 2 is 1.75 bits per heavy atom. The number of hydrogen-bond donors (Lipinski definition) is 1. The fourth-order valence-electron chi connectivity index (χ4n) is 1.41. The third-order valence-electron chi connectivity index (χ3n) is 2.68. The first-order valence-electron chi connectivity index (χ1n) is 5.96. The lowest BCUT2D eigenvalue weighted by atomic mass is 9.83. The van der Waals surface area contributed by atoms with E-state index in [1.54, 1.807) is 0 Å². The van der Waals surface area contributed by atoms with Crippen LogP contribution < -0.4 is 5.32 Å². The highest BCUT2D eigenvalue weighted by molar-refractivity contribution is 5.39. The summed E-state index contributed by atoms with van der Waals surface area (Å²) in [5.41, 5.74) is 3.71. The van der Waals surface area contributed by atoms with Gasteiger partial charge in [-0.2, -0.15) is 0 Å². The molecule has 0 fully saturated rings. The molecule has 0 bridgehead atoms. The zero-order chi connectivity index (χ0) is 12.9. The maximum absolute atomic E-state index is 4.19. The predicted molar refractivity (Wildman–Crippen MR) is 74.3 cm³/mol. The Balaban J connectivity index is 5.10. The van der Waals surface area contributed by atoms with Gasteiger partial charge in [0.25, 0.3) is 0 Å². The molecule has 0 saturated heterocycles. The van der Waals surface area contributed by atoms with Crippen molar-refractivity contribution < 1.29 is 0 Å². The van der Waals surface area contributed by atoms with Crippen LogP contribution in [0.4, 0.5) is 0 Å². The van der Waals surface area contributed by atoms with Crippen molar-refractivity contribution in [2.45, 2.75) is 41.5 Å². The largest absolute Gasteiger partial charge is 0.388 e. The maximum Gasteiger partial charge on any atom is 0.0366 e. The Bertz CT molecular complexity index is 298.